The highest BCUT2D eigenvalue weighted by molar-refractivity contribution is 7.99. The molecule has 0 aromatic carbocycles. The van der Waals surface area contributed by atoms with Crippen molar-refractivity contribution < 1.29 is 9.59 Å². The van der Waals surface area contributed by atoms with Crippen LogP contribution in [0.1, 0.15) is 78.1 Å². The van der Waals surface area contributed by atoms with Crippen molar-refractivity contribution in [1.29, 1.82) is 0 Å². The molecule has 190 valence electrons. The van der Waals surface area contributed by atoms with Gasteiger partial charge in [0, 0.05) is 44.7 Å². The first-order chi connectivity index (χ1) is 16.5. The van der Waals surface area contributed by atoms with Crippen molar-refractivity contribution in [2.75, 3.05) is 36.8 Å². The van der Waals surface area contributed by atoms with Crippen LogP contribution in [0.4, 0.5) is 5.82 Å². The molecule has 1 unspecified atom stereocenters. The number of amides is 2. The maximum Gasteiger partial charge on any atom is 0.230 e. The maximum atomic E-state index is 12.8. The molecule has 2 fully saturated rings. The molecule has 2 heterocycles. The molecular weight excluding hydrogens is 470 g/mol. The summed E-state index contributed by atoms with van der Waals surface area (Å²) in [6.45, 7) is 7.10. The molecular formula is C25H40ClN5O2S. The Kier molecular flexibility index (Phi) is 11.2. The number of thioether (sulfide) groups is 1. The number of carbonyl (C=O) groups is 2. The summed E-state index contributed by atoms with van der Waals surface area (Å²) in [6.07, 6.45) is 11.4. The van der Waals surface area contributed by atoms with E-state index in [1.54, 1.807) is 6.07 Å². The van der Waals surface area contributed by atoms with Crippen LogP contribution in [0.15, 0.2) is 11.2 Å². The van der Waals surface area contributed by atoms with Gasteiger partial charge < -0.3 is 15.1 Å². The topological polar surface area (TPSA) is 78.4 Å². The SMILES string of the molecule is CCCCCCNC(=O)CSc1nc(Cl)cc(N2CCN(C(=O)CCC3CCCC3)C(C)C2)n1. The average molecular weight is 510 g/mol. The Balaban J connectivity index is 1.46. The number of hydrogen-bond donors (Lipinski definition) is 1. The fourth-order valence-electron chi connectivity index (χ4n) is 4.88. The maximum absolute atomic E-state index is 12.8. The standard InChI is InChI=1S/C25H40ClN5O2S/c1-3-4-5-8-13-27-23(32)18-34-25-28-21(26)16-22(29-25)30-14-15-31(19(2)17-30)24(33)12-11-20-9-6-7-10-20/h16,19-20H,3-15,17-18H2,1-2H3,(H,27,32). The van der Waals surface area contributed by atoms with Crippen LogP contribution in [0.5, 0.6) is 0 Å². The van der Waals surface area contributed by atoms with Crippen LogP contribution in [0, 0.1) is 5.92 Å². The zero-order valence-electron chi connectivity index (χ0n) is 20.7. The summed E-state index contributed by atoms with van der Waals surface area (Å²) in [4.78, 5) is 38.1. The van der Waals surface area contributed by atoms with E-state index in [2.05, 4.69) is 34.0 Å². The van der Waals surface area contributed by atoms with Crippen LogP contribution in [0.2, 0.25) is 5.15 Å². The molecule has 1 atom stereocenters. The first-order valence-corrected chi connectivity index (χ1v) is 14.3. The summed E-state index contributed by atoms with van der Waals surface area (Å²) in [6, 6.07) is 1.89. The summed E-state index contributed by atoms with van der Waals surface area (Å²) >= 11 is 7.58. The van der Waals surface area contributed by atoms with E-state index < -0.39 is 0 Å². The second-order valence-corrected chi connectivity index (χ2v) is 10.9. The van der Waals surface area contributed by atoms with E-state index in [-0.39, 0.29) is 23.6 Å². The Morgan fingerprint density at radius 3 is 2.71 bits per heavy atom. The van der Waals surface area contributed by atoms with E-state index >= 15 is 0 Å². The Morgan fingerprint density at radius 1 is 1.18 bits per heavy atom. The van der Waals surface area contributed by atoms with Crippen LogP contribution in [0.25, 0.3) is 0 Å². The molecule has 1 aromatic heterocycles. The first kappa shape index (κ1) is 27.1. The second kappa shape index (κ2) is 14.1. The van der Waals surface area contributed by atoms with E-state index in [1.165, 1.54) is 50.3 Å². The Hall–Kier alpha value is -1.54. The number of carbonyl (C=O) groups excluding carboxylic acids is 2. The van der Waals surface area contributed by atoms with E-state index in [1.807, 2.05) is 4.90 Å². The van der Waals surface area contributed by atoms with E-state index in [0.29, 0.717) is 36.4 Å². The summed E-state index contributed by atoms with van der Waals surface area (Å²) in [5.74, 6) is 2.03. The predicted molar refractivity (Wildman–Crippen MR) is 139 cm³/mol. The van der Waals surface area contributed by atoms with Gasteiger partial charge in [-0.3, -0.25) is 9.59 Å². The van der Waals surface area contributed by atoms with Gasteiger partial charge in [0.2, 0.25) is 11.8 Å². The lowest BCUT2D eigenvalue weighted by atomic mass is 10.0. The first-order valence-electron chi connectivity index (χ1n) is 12.9. The van der Waals surface area contributed by atoms with Gasteiger partial charge in [-0.25, -0.2) is 9.97 Å². The zero-order chi connectivity index (χ0) is 24.3. The highest BCUT2D eigenvalue weighted by Crippen LogP contribution is 2.29. The monoisotopic (exact) mass is 509 g/mol. The molecule has 1 saturated carbocycles. The van der Waals surface area contributed by atoms with Crippen LogP contribution < -0.4 is 10.2 Å². The van der Waals surface area contributed by atoms with E-state index in [0.717, 1.165) is 37.5 Å². The fourth-order valence-corrected chi connectivity index (χ4v) is 5.79. The van der Waals surface area contributed by atoms with Crippen LogP contribution in [0.3, 0.4) is 0 Å². The van der Waals surface area contributed by atoms with Gasteiger partial charge in [-0.15, -0.1) is 0 Å². The van der Waals surface area contributed by atoms with Gasteiger partial charge in [-0.1, -0.05) is 75.2 Å². The molecule has 0 spiro atoms. The van der Waals surface area contributed by atoms with Gasteiger partial charge in [0.15, 0.2) is 5.16 Å². The Bertz CT molecular complexity index is 806. The lowest BCUT2D eigenvalue weighted by molar-refractivity contribution is -0.134. The Morgan fingerprint density at radius 2 is 1.97 bits per heavy atom. The quantitative estimate of drug-likeness (QED) is 0.186. The molecule has 9 heteroatoms. The van der Waals surface area contributed by atoms with Gasteiger partial charge in [0.1, 0.15) is 11.0 Å². The predicted octanol–water partition coefficient (Wildman–Crippen LogP) is 4.93. The minimum absolute atomic E-state index is 0.00928. The number of halogens is 1. The second-order valence-electron chi connectivity index (χ2n) is 9.60. The number of nitrogens with zero attached hydrogens (tertiary/aromatic N) is 4. The highest BCUT2D eigenvalue weighted by atomic mass is 35.5. The van der Waals surface area contributed by atoms with Crippen LogP contribution >= 0.6 is 23.4 Å². The third-order valence-electron chi connectivity index (χ3n) is 6.86. The lowest BCUT2D eigenvalue weighted by Crippen LogP contribution is -2.54. The van der Waals surface area contributed by atoms with Crippen molar-refractivity contribution in [2.24, 2.45) is 5.92 Å². The van der Waals surface area contributed by atoms with E-state index in [9.17, 15) is 9.59 Å². The molecule has 34 heavy (non-hydrogen) atoms. The van der Waals surface area contributed by atoms with Crippen molar-refractivity contribution >= 4 is 41.0 Å². The normalized spacial score (nSPS) is 19.0. The summed E-state index contributed by atoms with van der Waals surface area (Å²) in [5.41, 5.74) is 0. The molecule has 2 aliphatic rings. The summed E-state index contributed by atoms with van der Waals surface area (Å²) < 4.78 is 0. The smallest absolute Gasteiger partial charge is 0.230 e. The third-order valence-corrected chi connectivity index (χ3v) is 7.90. The molecule has 0 bridgehead atoms. The molecule has 1 aliphatic carbocycles. The van der Waals surface area contributed by atoms with Gasteiger partial charge in [-0.2, -0.15) is 0 Å². The summed E-state index contributed by atoms with van der Waals surface area (Å²) in [7, 11) is 0. The largest absolute Gasteiger partial charge is 0.355 e. The van der Waals surface area contributed by atoms with Crippen molar-refractivity contribution in [3.63, 3.8) is 0 Å². The number of unbranched alkanes of at least 4 members (excludes halogenated alkanes) is 3. The van der Waals surface area contributed by atoms with Crippen LogP contribution in [-0.4, -0.2) is 64.7 Å². The number of aromatic nitrogens is 2. The third kappa shape index (κ3) is 8.59. The number of piperazine rings is 1. The average Bonchev–Trinajstić information content (AvgIpc) is 3.34. The van der Waals surface area contributed by atoms with Crippen LogP contribution in [-0.2, 0) is 9.59 Å². The number of rotatable bonds is 12. The van der Waals surface area contributed by atoms with Crippen molar-refractivity contribution in [3.05, 3.63) is 11.2 Å². The van der Waals surface area contributed by atoms with Crippen molar-refractivity contribution in [2.45, 2.75) is 89.3 Å². The minimum atomic E-state index is -0.00928. The van der Waals surface area contributed by atoms with Gasteiger partial charge >= 0.3 is 0 Å². The molecule has 3 rings (SSSR count). The molecule has 0 radical (unpaired) electrons. The van der Waals surface area contributed by atoms with Crippen molar-refractivity contribution in [3.8, 4) is 0 Å². The van der Waals surface area contributed by atoms with Crippen molar-refractivity contribution in [1.82, 2.24) is 20.2 Å². The highest BCUT2D eigenvalue weighted by Gasteiger charge is 2.29. The molecule has 7 nitrogen and oxygen atoms in total. The minimum Gasteiger partial charge on any atom is -0.355 e. The molecule has 1 N–H and O–H groups in total. The van der Waals surface area contributed by atoms with E-state index in [4.69, 9.17) is 11.6 Å². The molecule has 2 amide bonds. The van der Waals surface area contributed by atoms with Gasteiger partial charge in [0.25, 0.3) is 0 Å². The molecule has 1 saturated heterocycles. The molecule has 1 aromatic rings. The lowest BCUT2D eigenvalue weighted by Gasteiger charge is -2.40. The van der Waals surface area contributed by atoms with Gasteiger partial charge in [0.05, 0.1) is 5.75 Å². The zero-order valence-corrected chi connectivity index (χ0v) is 22.3. The fraction of sp³-hybridized carbons (Fsp3) is 0.760. The Labute approximate surface area is 213 Å². The number of anilines is 1. The molecule has 1 aliphatic heterocycles. The summed E-state index contributed by atoms with van der Waals surface area (Å²) in [5, 5.41) is 3.83. The number of nitrogens with one attached hydrogen (secondary N) is 1. The number of hydrogen-bond acceptors (Lipinski definition) is 6. The van der Waals surface area contributed by atoms with Gasteiger partial charge in [-0.05, 0) is 25.7 Å².